The van der Waals surface area contributed by atoms with Gasteiger partial charge in [0.25, 0.3) is 0 Å². The predicted octanol–water partition coefficient (Wildman–Crippen LogP) is 2.35. The first-order valence-electron chi connectivity index (χ1n) is 8.50. The fourth-order valence-electron chi connectivity index (χ4n) is 3.59. The van der Waals surface area contributed by atoms with Crippen LogP contribution >= 0.6 is 0 Å². The van der Waals surface area contributed by atoms with E-state index in [4.69, 9.17) is 0 Å². The molecule has 126 valence electrons. The number of aromatic nitrogens is 1. The Labute approximate surface area is 137 Å². The summed E-state index contributed by atoms with van der Waals surface area (Å²) in [4.78, 5) is 18.9. The molecule has 3 rings (SSSR count). The lowest BCUT2D eigenvalue weighted by Gasteiger charge is -2.30. The van der Waals surface area contributed by atoms with Gasteiger partial charge in [0.2, 0.25) is 0 Å². The average molecular weight is 318 g/mol. The van der Waals surface area contributed by atoms with Gasteiger partial charge < -0.3 is 20.6 Å². The van der Waals surface area contributed by atoms with Gasteiger partial charge in [-0.05, 0) is 37.8 Å². The molecule has 6 nitrogen and oxygen atoms in total. The van der Waals surface area contributed by atoms with Crippen molar-refractivity contribution in [3.63, 3.8) is 0 Å². The Hall–Kier alpha value is -1.82. The van der Waals surface area contributed by atoms with Crippen LogP contribution in [0.1, 0.15) is 39.0 Å². The van der Waals surface area contributed by atoms with Crippen LogP contribution in [0.15, 0.2) is 18.3 Å². The van der Waals surface area contributed by atoms with E-state index in [0.29, 0.717) is 5.69 Å². The standard InChI is InChI=1S/C17H26N4O2/c1-17(12-22)8-4-5-14(17)20-16(23)19-13-6-7-15(18-11-13)21-9-2-3-10-21/h6-7,11,14,22H,2-5,8-10,12H2,1H3,(H2,19,20,23). The van der Waals surface area contributed by atoms with Crippen LogP contribution in [0.4, 0.5) is 16.3 Å². The molecule has 0 bridgehead atoms. The highest BCUT2D eigenvalue weighted by atomic mass is 16.3. The second-order valence-electron chi connectivity index (χ2n) is 6.95. The predicted molar refractivity (Wildman–Crippen MR) is 90.7 cm³/mol. The molecule has 23 heavy (non-hydrogen) atoms. The Morgan fingerprint density at radius 1 is 1.39 bits per heavy atom. The van der Waals surface area contributed by atoms with Gasteiger partial charge in [0.1, 0.15) is 5.82 Å². The third-order valence-corrected chi connectivity index (χ3v) is 5.18. The van der Waals surface area contributed by atoms with Crippen molar-refractivity contribution in [2.45, 2.75) is 45.1 Å². The summed E-state index contributed by atoms with van der Waals surface area (Å²) in [6.07, 6.45) is 7.03. The van der Waals surface area contributed by atoms with Crippen LogP contribution < -0.4 is 15.5 Å². The lowest BCUT2D eigenvalue weighted by atomic mass is 9.86. The van der Waals surface area contributed by atoms with Gasteiger partial charge in [0.15, 0.2) is 0 Å². The molecule has 1 saturated heterocycles. The molecule has 0 radical (unpaired) electrons. The van der Waals surface area contributed by atoms with Crippen LogP contribution in [0.2, 0.25) is 0 Å². The first kappa shape index (κ1) is 16.1. The number of carbonyl (C=O) groups excluding carboxylic acids is 1. The highest BCUT2D eigenvalue weighted by Gasteiger charge is 2.39. The first-order chi connectivity index (χ1) is 11.1. The molecular formula is C17H26N4O2. The van der Waals surface area contributed by atoms with E-state index in [9.17, 15) is 9.90 Å². The van der Waals surface area contributed by atoms with Gasteiger partial charge in [-0.25, -0.2) is 9.78 Å². The van der Waals surface area contributed by atoms with Gasteiger partial charge in [-0.2, -0.15) is 0 Å². The van der Waals surface area contributed by atoms with E-state index >= 15 is 0 Å². The van der Waals surface area contributed by atoms with E-state index in [2.05, 4.69) is 20.5 Å². The second kappa shape index (κ2) is 6.74. The normalized spacial score (nSPS) is 27.2. The molecule has 2 aliphatic rings. The maximum Gasteiger partial charge on any atom is 0.319 e. The van der Waals surface area contributed by atoms with Gasteiger partial charge in [-0.3, -0.25) is 0 Å². The van der Waals surface area contributed by atoms with Crippen LogP contribution in [-0.2, 0) is 0 Å². The summed E-state index contributed by atoms with van der Waals surface area (Å²) >= 11 is 0. The number of aliphatic hydroxyl groups is 1. The van der Waals surface area contributed by atoms with E-state index in [1.807, 2.05) is 19.1 Å². The Morgan fingerprint density at radius 3 is 2.83 bits per heavy atom. The van der Waals surface area contributed by atoms with Gasteiger partial charge in [0, 0.05) is 24.5 Å². The fraction of sp³-hybridized carbons (Fsp3) is 0.647. The van der Waals surface area contributed by atoms with Crippen LogP contribution in [0.5, 0.6) is 0 Å². The Kier molecular flexibility index (Phi) is 4.71. The van der Waals surface area contributed by atoms with Crippen LogP contribution in [0.25, 0.3) is 0 Å². The van der Waals surface area contributed by atoms with E-state index in [1.54, 1.807) is 6.20 Å². The van der Waals surface area contributed by atoms with Crippen molar-refractivity contribution >= 4 is 17.5 Å². The van der Waals surface area contributed by atoms with Crippen molar-refractivity contribution in [2.75, 3.05) is 29.9 Å². The van der Waals surface area contributed by atoms with Gasteiger partial charge >= 0.3 is 6.03 Å². The summed E-state index contributed by atoms with van der Waals surface area (Å²) in [5, 5.41) is 15.4. The molecule has 1 saturated carbocycles. The maximum atomic E-state index is 12.2. The number of carbonyl (C=O) groups is 1. The second-order valence-corrected chi connectivity index (χ2v) is 6.95. The molecule has 1 aromatic rings. The van der Waals surface area contributed by atoms with Crippen molar-refractivity contribution in [1.29, 1.82) is 0 Å². The Balaban J connectivity index is 1.55. The minimum absolute atomic E-state index is 0.0179. The van der Waals surface area contributed by atoms with E-state index in [0.717, 1.165) is 38.2 Å². The van der Waals surface area contributed by atoms with E-state index in [1.165, 1.54) is 12.8 Å². The summed E-state index contributed by atoms with van der Waals surface area (Å²) in [5.41, 5.74) is 0.476. The third kappa shape index (κ3) is 3.58. The summed E-state index contributed by atoms with van der Waals surface area (Å²) in [5.74, 6) is 0.970. The monoisotopic (exact) mass is 318 g/mol. The minimum atomic E-state index is -0.229. The molecular weight excluding hydrogens is 292 g/mol. The van der Waals surface area contributed by atoms with Crippen molar-refractivity contribution in [2.24, 2.45) is 5.41 Å². The van der Waals surface area contributed by atoms with Gasteiger partial charge in [-0.15, -0.1) is 0 Å². The number of aliphatic hydroxyl groups excluding tert-OH is 1. The zero-order valence-corrected chi connectivity index (χ0v) is 13.7. The number of amides is 2. The number of hydrogen-bond donors (Lipinski definition) is 3. The summed E-state index contributed by atoms with van der Waals surface area (Å²) in [6, 6.07) is 3.63. The number of rotatable bonds is 4. The van der Waals surface area contributed by atoms with Crippen LogP contribution in [0, 0.1) is 5.41 Å². The smallest absolute Gasteiger partial charge is 0.319 e. The zero-order valence-electron chi connectivity index (χ0n) is 13.7. The summed E-state index contributed by atoms with van der Waals surface area (Å²) < 4.78 is 0. The molecule has 0 spiro atoms. The topological polar surface area (TPSA) is 77.5 Å². The Bertz CT molecular complexity index is 542. The number of anilines is 2. The summed E-state index contributed by atoms with van der Waals surface area (Å²) in [6.45, 7) is 4.24. The number of hydrogen-bond acceptors (Lipinski definition) is 4. The largest absolute Gasteiger partial charge is 0.396 e. The fourth-order valence-corrected chi connectivity index (χ4v) is 3.59. The molecule has 2 unspecified atom stereocenters. The number of urea groups is 1. The molecule has 1 aromatic heterocycles. The molecule has 2 amide bonds. The number of nitrogens with zero attached hydrogens (tertiary/aromatic N) is 2. The molecule has 2 heterocycles. The lowest BCUT2D eigenvalue weighted by Crippen LogP contribution is -2.46. The highest BCUT2D eigenvalue weighted by molar-refractivity contribution is 5.89. The van der Waals surface area contributed by atoms with Crippen molar-refractivity contribution in [3.05, 3.63) is 18.3 Å². The number of nitrogens with one attached hydrogen (secondary N) is 2. The molecule has 1 aliphatic heterocycles. The van der Waals surface area contributed by atoms with E-state index in [-0.39, 0.29) is 24.1 Å². The van der Waals surface area contributed by atoms with Gasteiger partial charge in [0.05, 0.1) is 18.5 Å². The third-order valence-electron chi connectivity index (χ3n) is 5.18. The minimum Gasteiger partial charge on any atom is -0.396 e. The van der Waals surface area contributed by atoms with E-state index < -0.39 is 0 Å². The van der Waals surface area contributed by atoms with Crippen LogP contribution in [0.3, 0.4) is 0 Å². The SMILES string of the molecule is CC1(CO)CCCC1NC(=O)Nc1ccc(N2CCCC2)nc1. The lowest BCUT2D eigenvalue weighted by molar-refractivity contribution is 0.122. The molecule has 0 aromatic carbocycles. The molecule has 2 atom stereocenters. The van der Waals surface area contributed by atoms with Crippen molar-refractivity contribution in [1.82, 2.24) is 10.3 Å². The molecule has 1 aliphatic carbocycles. The average Bonchev–Trinajstić information content (AvgIpc) is 3.19. The van der Waals surface area contributed by atoms with Crippen molar-refractivity contribution < 1.29 is 9.90 Å². The molecule has 3 N–H and O–H groups in total. The first-order valence-corrected chi connectivity index (χ1v) is 8.50. The number of pyridine rings is 1. The maximum absolute atomic E-state index is 12.2. The Morgan fingerprint density at radius 2 is 2.17 bits per heavy atom. The van der Waals surface area contributed by atoms with Gasteiger partial charge in [-0.1, -0.05) is 13.3 Å². The van der Waals surface area contributed by atoms with Crippen molar-refractivity contribution in [3.8, 4) is 0 Å². The zero-order chi connectivity index (χ0) is 16.3. The highest BCUT2D eigenvalue weighted by Crippen LogP contribution is 2.37. The molecule has 6 heteroatoms. The quantitative estimate of drug-likeness (QED) is 0.796. The molecule has 2 fully saturated rings. The van der Waals surface area contributed by atoms with Crippen LogP contribution in [-0.4, -0.2) is 41.9 Å². The summed E-state index contributed by atoms with van der Waals surface area (Å²) in [7, 11) is 0.